The van der Waals surface area contributed by atoms with Crippen LogP contribution in [0.3, 0.4) is 0 Å². The van der Waals surface area contributed by atoms with E-state index in [1.807, 2.05) is 89.6 Å². The first-order chi connectivity index (χ1) is 16.1. The van der Waals surface area contributed by atoms with E-state index < -0.39 is 0 Å². The number of carbonyl (C=O) groups excluding carboxylic acids is 1. The maximum absolute atomic E-state index is 13.8. The van der Waals surface area contributed by atoms with Crippen molar-refractivity contribution in [1.29, 1.82) is 0 Å². The van der Waals surface area contributed by atoms with E-state index in [-0.39, 0.29) is 11.9 Å². The maximum atomic E-state index is 13.8. The van der Waals surface area contributed by atoms with Gasteiger partial charge in [0.05, 0.1) is 19.5 Å². The van der Waals surface area contributed by atoms with Crippen LogP contribution in [0.4, 0.5) is 5.69 Å². The van der Waals surface area contributed by atoms with Crippen molar-refractivity contribution >= 4 is 34.2 Å². The normalized spacial score (nSPS) is 11.6. The molecule has 0 aliphatic rings. The molecule has 0 aliphatic carbocycles. The lowest BCUT2D eigenvalue weighted by atomic mass is 10.1. The van der Waals surface area contributed by atoms with E-state index in [1.54, 1.807) is 24.5 Å². The second-order valence-corrected chi connectivity index (χ2v) is 8.66. The van der Waals surface area contributed by atoms with Crippen molar-refractivity contribution in [2.24, 2.45) is 0 Å². The number of amides is 1. The molecule has 0 fully saturated rings. The van der Waals surface area contributed by atoms with Crippen LogP contribution in [0, 0.1) is 3.57 Å². The van der Waals surface area contributed by atoms with Gasteiger partial charge in [0.25, 0.3) is 5.91 Å². The fraction of sp³-hybridized carbons (Fsp3) is 0.154. The van der Waals surface area contributed by atoms with Crippen LogP contribution < -0.4 is 14.4 Å². The van der Waals surface area contributed by atoms with Crippen LogP contribution in [-0.4, -0.2) is 35.2 Å². The smallest absolute Gasteiger partial charge is 0.258 e. The van der Waals surface area contributed by atoms with Gasteiger partial charge in [0.15, 0.2) is 0 Å². The van der Waals surface area contributed by atoms with Crippen LogP contribution in [0.5, 0.6) is 11.5 Å². The van der Waals surface area contributed by atoms with Gasteiger partial charge >= 0.3 is 0 Å². The van der Waals surface area contributed by atoms with Gasteiger partial charge in [-0.25, -0.2) is 4.98 Å². The maximum Gasteiger partial charge on any atom is 0.258 e. The molecule has 0 bridgehead atoms. The van der Waals surface area contributed by atoms with Crippen LogP contribution in [-0.2, 0) is 6.54 Å². The Morgan fingerprint density at radius 3 is 2.36 bits per heavy atom. The van der Waals surface area contributed by atoms with Crippen LogP contribution in [0.25, 0.3) is 0 Å². The minimum Gasteiger partial charge on any atom is -0.497 e. The molecule has 1 aromatic heterocycles. The summed E-state index contributed by atoms with van der Waals surface area (Å²) in [5, 5.41) is 0. The Morgan fingerprint density at radius 2 is 1.73 bits per heavy atom. The van der Waals surface area contributed by atoms with Crippen LogP contribution in [0.2, 0.25) is 0 Å². The molecule has 0 spiro atoms. The number of imidazole rings is 1. The highest BCUT2D eigenvalue weighted by molar-refractivity contribution is 14.1. The quantitative estimate of drug-likeness (QED) is 0.265. The number of halogens is 1. The van der Waals surface area contributed by atoms with Crippen molar-refractivity contribution in [1.82, 2.24) is 9.55 Å². The number of hydrogen-bond acceptors (Lipinski definition) is 4. The Labute approximate surface area is 206 Å². The average Bonchev–Trinajstić information content (AvgIpc) is 3.37. The zero-order valence-electron chi connectivity index (χ0n) is 18.2. The summed E-state index contributed by atoms with van der Waals surface area (Å²) in [6.45, 7) is 0.833. The molecule has 7 heteroatoms. The van der Waals surface area contributed by atoms with Crippen molar-refractivity contribution in [3.63, 3.8) is 0 Å². The zero-order valence-corrected chi connectivity index (χ0v) is 20.3. The van der Waals surface area contributed by atoms with Crippen molar-refractivity contribution in [3.05, 3.63) is 107 Å². The number of benzene rings is 3. The summed E-state index contributed by atoms with van der Waals surface area (Å²) < 4.78 is 14.5. The van der Waals surface area contributed by atoms with Crippen molar-refractivity contribution in [2.75, 3.05) is 18.6 Å². The topological polar surface area (TPSA) is 56.6 Å². The summed E-state index contributed by atoms with van der Waals surface area (Å²) in [5.41, 5.74) is 1.38. The van der Waals surface area contributed by atoms with Gasteiger partial charge in [-0.05, 0) is 83.3 Å². The molecule has 3 aromatic carbocycles. The Balaban J connectivity index is 1.71. The van der Waals surface area contributed by atoms with Gasteiger partial charge in [-0.1, -0.05) is 18.2 Å². The molecule has 4 rings (SSSR count). The molecule has 0 saturated heterocycles. The van der Waals surface area contributed by atoms with E-state index in [1.165, 1.54) is 0 Å². The number of rotatable bonds is 9. The van der Waals surface area contributed by atoms with Gasteiger partial charge < -0.3 is 18.9 Å². The number of para-hydroxylation sites is 1. The molecule has 0 aliphatic heterocycles. The van der Waals surface area contributed by atoms with Crippen molar-refractivity contribution in [2.45, 2.75) is 12.6 Å². The number of carbonyl (C=O) groups is 1. The van der Waals surface area contributed by atoms with Crippen molar-refractivity contribution < 1.29 is 14.3 Å². The molecule has 33 heavy (non-hydrogen) atoms. The first kappa shape index (κ1) is 22.8. The van der Waals surface area contributed by atoms with Crippen LogP contribution >= 0.6 is 22.6 Å². The molecular weight excluding hydrogens is 529 g/mol. The predicted molar refractivity (Wildman–Crippen MR) is 137 cm³/mol. The SMILES string of the molecule is COc1ccc(N(C(=O)c2ccc(I)cc2)C(COc2ccccc2)Cn2ccnc2)cc1. The summed E-state index contributed by atoms with van der Waals surface area (Å²) >= 11 is 2.24. The Morgan fingerprint density at radius 1 is 1.00 bits per heavy atom. The molecule has 0 N–H and O–H groups in total. The van der Waals surface area contributed by atoms with Gasteiger partial charge in [0.1, 0.15) is 18.1 Å². The lowest BCUT2D eigenvalue weighted by molar-refractivity contribution is 0.0963. The number of ether oxygens (including phenoxy) is 2. The van der Waals surface area contributed by atoms with Gasteiger partial charge in [0, 0.05) is 33.8 Å². The lowest BCUT2D eigenvalue weighted by Gasteiger charge is -2.32. The molecule has 1 atom stereocenters. The van der Waals surface area contributed by atoms with E-state index in [9.17, 15) is 4.79 Å². The fourth-order valence-corrected chi connectivity index (χ4v) is 3.88. The number of methoxy groups -OCH3 is 1. The Kier molecular flexibility index (Phi) is 7.62. The third kappa shape index (κ3) is 5.92. The largest absolute Gasteiger partial charge is 0.497 e. The summed E-state index contributed by atoms with van der Waals surface area (Å²) in [6.07, 6.45) is 5.36. The molecule has 0 radical (unpaired) electrons. The summed E-state index contributed by atoms with van der Waals surface area (Å²) in [7, 11) is 1.62. The van der Waals surface area contributed by atoms with Crippen LogP contribution in [0.1, 0.15) is 10.4 Å². The van der Waals surface area contributed by atoms with E-state index >= 15 is 0 Å². The number of aromatic nitrogens is 2. The second-order valence-electron chi connectivity index (χ2n) is 7.42. The van der Waals surface area contributed by atoms with E-state index in [0.717, 1.165) is 20.8 Å². The summed E-state index contributed by atoms with van der Waals surface area (Å²) in [6, 6.07) is 24.4. The minimum atomic E-state index is -0.292. The summed E-state index contributed by atoms with van der Waals surface area (Å²) in [4.78, 5) is 19.8. The van der Waals surface area contributed by atoms with E-state index in [4.69, 9.17) is 9.47 Å². The number of hydrogen-bond donors (Lipinski definition) is 0. The summed E-state index contributed by atoms with van der Waals surface area (Å²) in [5.74, 6) is 1.38. The Bertz CT molecular complexity index is 1150. The fourth-order valence-electron chi connectivity index (χ4n) is 3.52. The first-order valence-corrected chi connectivity index (χ1v) is 11.6. The third-order valence-corrected chi connectivity index (χ3v) is 5.91. The van der Waals surface area contributed by atoms with E-state index in [2.05, 4.69) is 27.6 Å². The highest BCUT2D eigenvalue weighted by atomic mass is 127. The molecule has 168 valence electrons. The van der Waals surface area contributed by atoms with Crippen molar-refractivity contribution in [3.8, 4) is 11.5 Å². The van der Waals surface area contributed by atoms with Gasteiger partial charge in [-0.15, -0.1) is 0 Å². The molecule has 1 unspecified atom stereocenters. The predicted octanol–water partition coefficient (Wildman–Crippen LogP) is 5.29. The number of anilines is 1. The monoisotopic (exact) mass is 553 g/mol. The van der Waals surface area contributed by atoms with E-state index in [0.29, 0.717) is 18.7 Å². The molecular formula is C26H24IN3O3. The minimum absolute atomic E-state index is 0.0988. The zero-order chi connectivity index (χ0) is 23.0. The van der Waals surface area contributed by atoms with Gasteiger partial charge in [0.2, 0.25) is 0 Å². The van der Waals surface area contributed by atoms with Crippen LogP contribution in [0.15, 0.2) is 97.6 Å². The highest BCUT2D eigenvalue weighted by Gasteiger charge is 2.28. The molecule has 0 saturated carbocycles. The Hall–Kier alpha value is -3.33. The molecule has 1 heterocycles. The van der Waals surface area contributed by atoms with Gasteiger partial charge in [-0.2, -0.15) is 0 Å². The third-order valence-electron chi connectivity index (χ3n) is 5.19. The standard InChI is InChI=1S/C26H24IN3O3/c1-32-24-13-11-22(12-14-24)30(26(31)20-7-9-21(27)10-8-20)23(17-29-16-15-28-19-29)18-33-25-5-3-2-4-6-25/h2-16,19,23H,17-18H2,1H3. The second kappa shape index (κ2) is 11.0. The molecule has 1 amide bonds. The molecule has 4 aromatic rings. The first-order valence-electron chi connectivity index (χ1n) is 10.5. The number of nitrogens with zero attached hydrogens (tertiary/aromatic N) is 3. The average molecular weight is 553 g/mol. The lowest BCUT2D eigenvalue weighted by Crippen LogP contribution is -2.46. The molecule has 6 nitrogen and oxygen atoms in total. The highest BCUT2D eigenvalue weighted by Crippen LogP contribution is 2.25. The van der Waals surface area contributed by atoms with Gasteiger partial charge in [-0.3, -0.25) is 4.79 Å².